The maximum Gasteiger partial charge on any atom is 0.309 e. The molecule has 33 heavy (non-hydrogen) atoms. The Morgan fingerprint density at radius 1 is 1.09 bits per heavy atom. The van der Waals surface area contributed by atoms with Gasteiger partial charge in [-0.05, 0) is 78.4 Å². The molecule has 0 amide bonds. The summed E-state index contributed by atoms with van der Waals surface area (Å²) < 4.78 is 18.1. The van der Waals surface area contributed by atoms with Gasteiger partial charge < -0.3 is 19.3 Å². The van der Waals surface area contributed by atoms with Crippen molar-refractivity contribution in [1.29, 1.82) is 0 Å². The quantitative estimate of drug-likeness (QED) is 0.334. The summed E-state index contributed by atoms with van der Waals surface area (Å²) in [4.78, 5) is 23.3. The van der Waals surface area contributed by atoms with Crippen molar-refractivity contribution < 1.29 is 28.9 Å². The SMILES string of the molecule is CCCc1c(OC2CCCC(Oc3ccc(CC(=O)OC)cc3Br)C2)ccc(C(C)=O)c1O. The molecule has 0 bridgehead atoms. The molecule has 1 saturated carbocycles. The van der Waals surface area contributed by atoms with Crippen LogP contribution in [0.3, 0.4) is 0 Å². The predicted molar refractivity (Wildman–Crippen MR) is 129 cm³/mol. The van der Waals surface area contributed by atoms with E-state index in [1.165, 1.54) is 14.0 Å². The van der Waals surface area contributed by atoms with E-state index in [0.717, 1.165) is 47.9 Å². The predicted octanol–water partition coefficient (Wildman–Crippen LogP) is 5.79. The van der Waals surface area contributed by atoms with E-state index in [1.54, 1.807) is 12.1 Å². The monoisotopic (exact) mass is 518 g/mol. The largest absolute Gasteiger partial charge is 0.507 e. The van der Waals surface area contributed by atoms with E-state index < -0.39 is 0 Å². The molecule has 0 heterocycles. The maximum absolute atomic E-state index is 11.8. The number of Topliss-reactive ketones (excluding diaryl/α,β-unsaturated/α-hetero) is 1. The second-order valence-corrected chi connectivity index (χ2v) is 9.26. The van der Waals surface area contributed by atoms with Crippen molar-refractivity contribution in [3.05, 3.63) is 51.5 Å². The third-order valence-corrected chi connectivity index (χ3v) is 6.48. The van der Waals surface area contributed by atoms with Crippen molar-refractivity contribution >= 4 is 27.7 Å². The minimum absolute atomic E-state index is 0.00813. The van der Waals surface area contributed by atoms with E-state index in [2.05, 4.69) is 15.9 Å². The van der Waals surface area contributed by atoms with E-state index >= 15 is 0 Å². The molecular weight excluding hydrogens is 488 g/mol. The number of halogens is 1. The number of ketones is 1. The molecule has 2 unspecified atom stereocenters. The number of esters is 1. The van der Waals surface area contributed by atoms with E-state index in [9.17, 15) is 14.7 Å². The Morgan fingerprint density at radius 2 is 1.76 bits per heavy atom. The number of methoxy groups -OCH3 is 1. The second kappa shape index (κ2) is 11.5. The highest BCUT2D eigenvalue weighted by atomic mass is 79.9. The zero-order valence-electron chi connectivity index (χ0n) is 19.4. The minimum Gasteiger partial charge on any atom is -0.507 e. The molecule has 1 fully saturated rings. The van der Waals surface area contributed by atoms with Crippen LogP contribution in [-0.4, -0.2) is 36.2 Å². The molecule has 1 N–H and O–H groups in total. The van der Waals surface area contributed by atoms with Gasteiger partial charge in [0.05, 0.1) is 23.6 Å². The molecule has 0 aromatic heterocycles. The number of carbonyl (C=O) groups excluding carboxylic acids is 2. The van der Waals surface area contributed by atoms with Crippen LogP contribution in [0.25, 0.3) is 0 Å². The summed E-state index contributed by atoms with van der Waals surface area (Å²) in [6.45, 7) is 3.48. The summed E-state index contributed by atoms with van der Waals surface area (Å²) in [5, 5.41) is 10.6. The minimum atomic E-state index is -0.285. The molecule has 6 nitrogen and oxygen atoms in total. The summed E-state index contributed by atoms with van der Waals surface area (Å²) in [5.41, 5.74) is 1.87. The van der Waals surface area contributed by atoms with Gasteiger partial charge in [-0.2, -0.15) is 0 Å². The first kappa shape index (κ1) is 25.1. The fourth-order valence-corrected chi connectivity index (χ4v) is 4.69. The Hall–Kier alpha value is -2.54. The van der Waals surface area contributed by atoms with Gasteiger partial charge in [-0.3, -0.25) is 9.59 Å². The molecule has 0 saturated heterocycles. The first-order chi connectivity index (χ1) is 15.8. The standard InChI is InChI=1S/C26H31BrO6/c1-4-6-21-23(12-10-20(16(2)28)26(21)30)32-18-7-5-8-19(15-18)33-24-11-9-17(13-22(24)27)14-25(29)31-3/h9-13,18-19,30H,4-8,14-15H2,1-3H3. The van der Waals surface area contributed by atoms with Crippen LogP contribution < -0.4 is 9.47 Å². The topological polar surface area (TPSA) is 82.1 Å². The zero-order valence-corrected chi connectivity index (χ0v) is 20.9. The number of phenols is 1. The van der Waals surface area contributed by atoms with Gasteiger partial charge in [0.2, 0.25) is 0 Å². The van der Waals surface area contributed by atoms with Crippen LogP contribution in [0.2, 0.25) is 0 Å². The molecule has 2 atom stereocenters. The van der Waals surface area contributed by atoms with Gasteiger partial charge in [0.25, 0.3) is 0 Å². The summed E-state index contributed by atoms with van der Waals surface area (Å²) in [6, 6.07) is 9.03. The van der Waals surface area contributed by atoms with Crippen LogP contribution in [0.5, 0.6) is 17.2 Å². The van der Waals surface area contributed by atoms with E-state index in [-0.39, 0.29) is 36.1 Å². The average molecular weight is 519 g/mol. The van der Waals surface area contributed by atoms with Gasteiger partial charge >= 0.3 is 5.97 Å². The van der Waals surface area contributed by atoms with Crippen LogP contribution in [0.4, 0.5) is 0 Å². The molecule has 0 spiro atoms. The lowest BCUT2D eigenvalue weighted by atomic mass is 9.94. The third-order valence-electron chi connectivity index (χ3n) is 5.86. The molecule has 0 aliphatic heterocycles. The van der Waals surface area contributed by atoms with Gasteiger partial charge in [0.15, 0.2) is 5.78 Å². The molecule has 1 aliphatic rings. The van der Waals surface area contributed by atoms with Gasteiger partial charge in [-0.15, -0.1) is 0 Å². The fourth-order valence-electron chi connectivity index (χ4n) is 4.17. The number of carbonyl (C=O) groups is 2. The van der Waals surface area contributed by atoms with Crippen LogP contribution in [0.15, 0.2) is 34.8 Å². The van der Waals surface area contributed by atoms with Crippen molar-refractivity contribution in [3.63, 3.8) is 0 Å². The van der Waals surface area contributed by atoms with Gasteiger partial charge in [-0.25, -0.2) is 0 Å². The Balaban J connectivity index is 1.68. The first-order valence-corrected chi connectivity index (χ1v) is 12.2. The van der Waals surface area contributed by atoms with Crippen LogP contribution in [0.1, 0.15) is 67.4 Å². The summed E-state index contributed by atoms with van der Waals surface area (Å²) in [6.07, 6.45) is 5.15. The fraction of sp³-hybridized carbons (Fsp3) is 0.462. The highest BCUT2D eigenvalue weighted by molar-refractivity contribution is 9.10. The normalized spacial score (nSPS) is 17.9. The molecule has 2 aromatic carbocycles. The number of benzene rings is 2. The van der Waals surface area contributed by atoms with Crippen molar-refractivity contribution in [2.45, 2.75) is 71.0 Å². The summed E-state index contributed by atoms with van der Waals surface area (Å²) in [5.74, 6) is 0.947. The molecule has 2 aromatic rings. The summed E-state index contributed by atoms with van der Waals surface area (Å²) >= 11 is 3.54. The Bertz CT molecular complexity index is 1000. The van der Waals surface area contributed by atoms with Crippen molar-refractivity contribution in [1.82, 2.24) is 0 Å². The molecule has 7 heteroatoms. The smallest absolute Gasteiger partial charge is 0.309 e. The van der Waals surface area contributed by atoms with E-state index in [4.69, 9.17) is 14.2 Å². The molecule has 178 valence electrons. The first-order valence-electron chi connectivity index (χ1n) is 11.4. The molecule has 0 radical (unpaired) electrons. The van der Waals surface area contributed by atoms with Gasteiger partial charge in [0.1, 0.15) is 29.5 Å². The zero-order chi connectivity index (χ0) is 24.0. The molecule has 1 aliphatic carbocycles. The number of hydrogen-bond donors (Lipinski definition) is 1. The van der Waals surface area contributed by atoms with Gasteiger partial charge in [0, 0.05) is 12.0 Å². The second-order valence-electron chi connectivity index (χ2n) is 8.41. The van der Waals surface area contributed by atoms with E-state index in [0.29, 0.717) is 23.3 Å². The Labute approximate surface area is 203 Å². The lowest BCUT2D eigenvalue weighted by molar-refractivity contribution is -0.139. The number of hydrogen-bond acceptors (Lipinski definition) is 6. The lowest BCUT2D eigenvalue weighted by Gasteiger charge is -2.31. The number of ether oxygens (including phenoxy) is 3. The van der Waals surface area contributed by atoms with Crippen LogP contribution in [0, 0.1) is 0 Å². The molecular formula is C26H31BrO6. The van der Waals surface area contributed by atoms with Crippen molar-refractivity contribution in [2.75, 3.05) is 7.11 Å². The number of phenolic OH excluding ortho intramolecular Hbond substituents is 1. The van der Waals surface area contributed by atoms with Crippen LogP contribution >= 0.6 is 15.9 Å². The molecule has 3 rings (SSSR count). The van der Waals surface area contributed by atoms with Crippen molar-refractivity contribution in [2.24, 2.45) is 0 Å². The Kier molecular flexibility index (Phi) is 8.78. The lowest BCUT2D eigenvalue weighted by Crippen LogP contribution is -2.32. The highest BCUT2D eigenvalue weighted by Crippen LogP contribution is 2.36. The number of aromatic hydroxyl groups is 1. The maximum atomic E-state index is 11.8. The third kappa shape index (κ3) is 6.50. The average Bonchev–Trinajstić information content (AvgIpc) is 2.78. The summed E-state index contributed by atoms with van der Waals surface area (Å²) in [7, 11) is 1.38. The van der Waals surface area contributed by atoms with Gasteiger partial charge in [-0.1, -0.05) is 19.4 Å². The van der Waals surface area contributed by atoms with E-state index in [1.807, 2.05) is 25.1 Å². The van der Waals surface area contributed by atoms with Crippen LogP contribution in [-0.2, 0) is 22.4 Å². The number of rotatable bonds is 9. The Morgan fingerprint density at radius 3 is 2.36 bits per heavy atom. The highest BCUT2D eigenvalue weighted by Gasteiger charge is 2.27. The van der Waals surface area contributed by atoms with Crippen molar-refractivity contribution in [3.8, 4) is 17.2 Å².